The summed E-state index contributed by atoms with van der Waals surface area (Å²) < 4.78 is 5.26. The van der Waals surface area contributed by atoms with Gasteiger partial charge >= 0.3 is 5.97 Å². The third-order valence-corrected chi connectivity index (χ3v) is 3.47. The number of Topliss-reactive ketones (excluding diaryl/α,β-unsaturated/α-hetero) is 1. The molecule has 1 aromatic carbocycles. The molecule has 0 radical (unpaired) electrons. The van der Waals surface area contributed by atoms with Crippen molar-refractivity contribution in [1.29, 1.82) is 0 Å². The van der Waals surface area contributed by atoms with E-state index in [1.54, 1.807) is 13.1 Å². The average molecular weight is 293 g/mol. The van der Waals surface area contributed by atoms with Crippen molar-refractivity contribution >= 4 is 11.8 Å². The summed E-state index contributed by atoms with van der Waals surface area (Å²) in [6.07, 6.45) is 0.198. The van der Waals surface area contributed by atoms with Gasteiger partial charge in [0.2, 0.25) is 0 Å². The van der Waals surface area contributed by atoms with Gasteiger partial charge < -0.3 is 15.2 Å². The molecule has 0 aromatic heterocycles. The van der Waals surface area contributed by atoms with Crippen molar-refractivity contribution in [2.24, 2.45) is 0 Å². The van der Waals surface area contributed by atoms with E-state index in [9.17, 15) is 9.59 Å². The van der Waals surface area contributed by atoms with Crippen LogP contribution >= 0.6 is 0 Å². The molecule has 0 aliphatic heterocycles. The lowest BCUT2D eigenvalue weighted by atomic mass is 9.94. The third-order valence-electron chi connectivity index (χ3n) is 3.47. The summed E-state index contributed by atoms with van der Waals surface area (Å²) in [4.78, 5) is 23.3. The standard InChI is InChI=1S/C16H23NO4/c1-10(2)11-5-7-14(21-4)12(9-11)16(20)13(17-3)6-8-15(18)19/h5,7,9-10,13,17H,6,8H2,1-4H3,(H,18,19). The number of nitrogens with one attached hydrogen (secondary N) is 1. The monoisotopic (exact) mass is 293 g/mol. The molecule has 0 spiro atoms. The van der Waals surface area contributed by atoms with Crippen LogP contribution in [-0.4, -0.2) is 37.1 Å². The van der Waals surface area contributed by atoms with E-state index < -0.39 is 12.0 Å². The first-order chi connectivity index (χ1) is 9.90. The second-order valence-electron chi connectivity index (χ2n) is 5.25. The van der Waals surface area contributed by atoms with Crippen LogP contribution in [-0.2, 0) is 4.79 Å². The number of aliphatic carboxylic acids is 1. The Hall–Kier alpha value is -1.88. The van der Waals surface area contributed by atoms with Crippen molar-refractivity contribution in [2.45, 2.75) is 38.6 Å². The van der Waals surface area contributed by atoms with Crippen LogP contribution < -0.4 is 10.1 Å². The highest BCUT2D eigenvalue weighted by molar-refractivity contribution is 6.02. The first-order valence-electron chi connectivity index (χ1n) is 7.01. The molecular weight excluding hydrogens is 270 g/mol. The predicted octanol–water partition coefficient (Wildman–Crippen LogP) is 2.45. The second-order valence-corrected chi connectivity index (χ2v) is 5.25. The highest BCUT2D eigenvalue weighted by atomic mass is 16.5. The number of hydrogen-bond acceptors (Lipinski definition) is 4. The van der Waals surface area contributed by atoms with E-state index in [4.69, 9.17) is 9.84 Å². The number of carboxylic acid groups (broad SMARTS) is 1. The number of hydrogen-bond donors (Lipinski definition) is 2. The zero-order valence-corrected chi connectivity index (χ0v) is 13.0. The Morgan fingerprint density at radius 3 is 2.48 bits per heavy atom. The van der Waals surface area contributed by atoms with E-state index in [1.807, 2.05) is 12.1 Å². The van der Waals surface area contributed by atoms with Crippen LogP contribution in [0.5, 0.6) is 5.75 Å². The molecule has 0 fully saturated rings. The van der Waals surface area contributed by atoms with Crippen LogP contribution in [0.15, 0.2) is 18.2 Å². The smallest absolute Gasteiger partial charge is 0.303 e. The first-order valence-corrected chi connectivity index (χ1v) is 7.01. The summed E-state index contributed by atoms with van der Waals surface area (Å²) >= 11 is 0. The second kappa shape index (κ2) is 7.78. The number of methoxy groups -OCH3 is 1. The van der Waals surface area contributed by atoms with Crippen LogP contribution in [0.3, 0.4) is 0 Å². The van der Waals surface area contributed by atoms with Crippen molar-refractivity contribution in [1.82, 2.24) is 5.32 Å². The van der Waals surface area contributed by atoms with Crippen molar-refractivity contribution < 1.29 is 19.4 Å². The number of carboxylic acids is 1. The van der Waals surface area contributed by atoms with E-state index in [2.05, 4.69) is 19.2 Å². The lowest BCUT2D eigenvalue weighted by Gasteiger charge is -2.17. The molecule has 0 aliphatic rings. The number of carbonyl (C=O) groups excluding carboxylic acids is 1. The highest BCUT2D eigenvalue weighted by Crippen LogP contribution is 2.26. The van der Waals surface area contributed by atoms with Gasteiger partial charge in [-0.3, -0.25) is 9.59 Å². The van der Waals surface area contributed by atoms with Crippen LogP contribution in [0.4, 0.5) is 0 Å². The van der Waals surface area contributed by atoms with Crippen LogP contribution in [0, 0.1) is 0 Å². The molecule has 2 N–H and O–H groups in total. The first kappa shape index (κ1) is 17.2. The maximum atomic E-state index is 12.6. The number of benzene rings is 1. The van der Waals surface area contributed by atoms with Gasteiger partial charge in [-0.2, -0.15) is 0 Å². The molecule has 0 amide bonds. The van der Waals surface area contributed by atoms with Crippen molar-refractivity contribution in [2.75, 3.05) is 14.2 Å². The fourth-order valence-corrected chi connectivity index (χ4v) is 2.14. The van der Waals surface area contributed by atoms with Gasteiger partial charge in [0.1, 0.15) is 5.75 Å². The molecule has 0 saturated carbocycles. The Labute approximate surface area is 125 Å². The zero-order valence-electron chi connectivity index (χ0n) is 13.0. The summed E-state index contributed by atoms with van der Waals surface area (Å²) in [5.74, 6) is -0.237. The largest absolute Gasteiger partial charge is 0.496 e. The molecule has 0 aliphatic carbocycles. The summed E-state index contributed by atoms with van der Waals surface area (Å²) in [6.45, 7) is 4.10. The Morgan fingerprint density at radius 2 is 2.00 bits per heavy atom. The molecular formula is C16H23NO4. The normalized spacial score (nSPS) is 12.2. The molecule has 0 saturated heterocycles. The number of ketones is 1. The molecule has 116 valence electrons. The summed E-state index contributed by atoms with van der Waals surface area (Å²) in [5.41, 5.74) is 1.54. The Bertz CT molecular complexity index is 511. The Balaban J connectivity index is 3.07. The van der Waals surface area contributed by atoms with E-state index in [1.165, 1.54) is 7.11 Å². The van der Waals surface area contributed by atoms with E-state index in [-0.39, 0.29) is 18.6 Å². The number of carbonyl (C=O) groups is 2. The summed E-state index contributed by atoms with van der Waals surface area (Å²) in [5, 5.41) is 11.7. The molecule has 0 heterocycles. The maximum absolute atomic E-state index is 12.6. The van der Waals surface area contributed by atoms with Gasteiger partial charge in [0.15, 0.2) is 5.78 Å². The molecule has 5 nitrogen and oxygen atoms in total. The minimum absolute atomic E-state index is 0.0521. The minimum Gasteiger partial charge on any atom is -0.496 e. The van der Waals surface area contributed by atoms with Gasteiger partial charge in [0, 0.05) is 6.42 Å². The molecule has 1 rings (SSSR count). The highest BCUT2D eigenvalue weighted by Gasteiger charge is 2.23. The molecule has 0 bridgehead atoms. The van der Waals surface area contributed by atoms with Gasteiger partial charge in [-0.15, -0.1) is 0 Å². The van der Waals surface area contributed by atoms with Crippen molar-refractivity contribution in [3.8, 4) is 5.75 Å². The molecule has 1 aromatic rings. The summed E-state index contributed by atoms with van der Waals surface area (Å²) in [6, 6.07) is 5.02. The Morgan fingerprint density at radius 1 is 1.33 bits per heavy atom. The number of ether oxygens (including phenoxy) is 1. The maximum Gasteiger partial charge on any atom is 0.303 e. The molecule has 1 atom stereocenters. The SMILES string of the molecule is CNC(CCC(=O)O)C(=O)c1cc(C(C)C)ccc1OC. The fourth-order valence-electron chi connectivity index (χ4n) is 2.14. The van der Waals surface area contributed by atoms with Gasteiger partial charge in [-0.1, -0.05) is 19.9 Å². The quantitative estimate of drug-likeness (QED) is 0.720. The lowest BCUT2D eigenvalue weighted by molar-refractivity contribution is -0.137. The molecule has 5 heteroatoms. The minimum atomic E-state index is -0.911. The zero-order chi connectivity index (χ0) is 16.0. The summed E-state index contributed by atoms with van der Waals surface area (Å²) in [7, 11) is 3.18. The Kier molecular flexibility index (Phi) is 6.37. The average Bonchev–Trinajstić information content (AvgIpc) is 2.46. The number of likely N-dealkylation sites (N-methyl/N-ethyl adjacent to an activating group) is 1. The van der Waals surface area contributed by atoms with Gasteiger partial charge in [-0.05, 0) is 37.1 Å². The topological polar surface area (TPSA) is 75.6 Å². The van der Waals surface area contributed by atoms with Gasteiger partial charge in [0.05, 0.1) is 18.7 Å². The van der Waals surface area contributed by atoms with Gasteiger partial charge in [0.25, 0.3) is 0 Å². The molecule has 21 heavy (non-hydrogen) atoms. The van der Waals surface area contributed by atoms with E-state index >= 15 is 0 Å². The van der Waals surface area contributed by atoms with Crippen LogP contribution in [0.2, 0.25) is 0 Å². The fraction of sp³-hybridized carbons (Fsp3) is 0.500. The van der Waals surface area contributed by atoms with Crippen molar-refractivity contribution in [3.05, 3.63) is 29.3 Å². The van der Waals surface area contributed by atoms with Crippen LogP contribution in [0.25, 0.3) is 0 Å². The molecule has 1 unspecified atom stereocenters. The lowest BCUT2D eigenvalue weighted by Crippen LogP contribution is -2.34. The van der Waals surface area contributed by atoms with Crippen molar-refractivity contribution in [3.63, 3.8) is 0 Å². The number of rotatable bonds is 8. The third kappa shape index (κ3) is 4.56. The van der Waals surface area contributed by atoms with E-state index in [0.717, 1.165) is 5.56 Å². The predicted molar refractivity (Wildman–Crippen MR) is 81.1 cm³/mol. The van der Waals surface area contributed by atoms with Gasteiger partial charge in [-0.25, -0.2) is 0 Å². The van der Waals surface area contributed by atoms with E-state index in [0.29, 0.717) is 17.2 Å². The van der Waals surface area contributed by atoms with Crippen LogP contribution in [0.1, 0.15) is 48.5 Å².